The van der Waals surface area contributed by atoms with Crippen molar-refractivity contribution in [2.24, 2.45) is 12.8 Å². The Kier molecular flexibility index (Phi) is 9.05. The highest BCUT2D eigenvalue weighted by atomic mass is 19.1. The average molecular weight is 538 g/mol. The number of likely N-dealkylation sites (tertiary alicyclic amines) is 1. The minimum atomic E-state index is -0.627. The molecule has 1 atom stereocenters. The molecular formula is C28H33F2N7O2. The van der Waals surface area contributed by atoms with Gasteiger partial charge in [0, 0.05) is 50.6 Å². The fraction of sp³-hybridized carbons (Fsp3) is 0.321. The second-order valence-electron chi connectivity index (χ2n) is 9.44. The number of carbonyl (C=O) groups is 1. The summed E-state index contributed by atoms with van der Waals surface area (Å²) in [5, 5.41) is 11.4. The van der Waals surface area contributed by atoms with Crippen molar-refractivity contribution in [1.82, 2.24) is 24.5 Å². The molecule has 2 aromatic carbocycles. The molecular weight excluding hydrogens is 504 g/mol. The van der Waals surface area contributed by atoms with Crippen LogP contribution < -0.4 is 11.1 Å². The van der Waals surface area contributed by atoms with E-state index in [-0.39, 0.29) is 5.92 Å². The van der Waals surface area contributed by atoms with Gasteiger partial charge in [0.1, 0.15) is 23.1 Å². The number of carbonyl (C=O) groups excluding carboxylic acids is 1. The van der Waals surface area contributed by atoms with Crippen LogP contribution in [-0.2, 0) is 11.8 Å². The van der Waals surface area contributed by atoms with Gasteiger partial charge in [-0.3, -0.25) is 10.00 Å². The summed E-state index contributed by atoms with van der Waals surface area (Å²) in [6, 6.07) is 12.7. The zero-order chi connectivity index (χ0) is 27.9. The molecule has 2 amide bonds. The molecule has 5 rings (SSSR count). The summed E-state index contributed by atoms with van der Waals surface area (Å²) >= 11 is 0. The van der Waals surface area contributed by atoms with Gasteiger partial charge in [0.05, 0.1) is 18.5 Å². The van der Waals surface area contributed by atoms with Gasteiger partial charge in [-0.2, -0.15) is 10.2 Å². The van der Waals surface area contributed by atoms with Crippen LogP contribution in [0.25, 0.3) is 16.9 Å². The third kappa shape index (κ3) is 7.06. The standard InChI is InChI=1S/C15H16N6O.C13H17F2NO/c1-10-13(11-8-17-20(2)9-11)19-21(14(10)18-15(16)22)12-6-4-3-5-7-12;1-17-5-4-16-3-2-10(9-16)11-6-12(14)8-13(15)7-11/h3-9H,1-2H3,(H3,16,18,22);6-8,10H,2-5,9H2,1H3. The molecule has 1 saturated heterocycles. The van der Waals surface area contributed by atoms with Crippen molar-refractivity contribution in [3.8, 4) is 16.9 Å². The number of primary amides is 1. The van der Waals surface area contributed by atoms with E-state index in [0.29, 0.717) is 12.4 Å². The number of nitrogens with zero attached hydrogens (tertiary/aromatic N) is 5. The summed E-state index contributed by atoms with van der Waals surface area (Å²) in [5.74, 6) is -0.194. The normalized spacial score (nSPS) is 15.2. The van der Waals surface area contributed by atoms with Gasteiger partial charge in [0.25, 0.3) is 0 Å². The van der Waals surface area contributed by atoms with E-state index in [1.54, 1.807) is 22.7 Å². The van der Waals surface area contributed by atoms with Gasteiger partial charge < -0.3 is 15.4 Å². The number of hydrogen-bond acceptors (Lipinski definition) is 5. The first kappa shape index (κ1) is 27.9. The van der Waals surface area contributed by atoms with Crippen molar-refractivity contribution in [3.05, 3.63) is 83.7 Å². The van der Waals surface area contributed by atoms with E-state index in [1.807, 2.05) is 50.5 Å². The second-order valence-corrected chi connectivity index (χ2v) is 9.44. The average Bonchev–Trinajstić information content (AvgIpc) is 3.63. The molecule has 3 heterocycles. The summed E-state index contributed by atoms with van der Waals surface area (Å²) in [7, 11) is 3.52. The first-order chi connectivity index (χ1) is 18.7. The number of ether oxygens (including phenoxy) is 1. The van der Waals surface area contributed by atoms with Crippen molar-refractivity contribution in [2.75, 3.05) is 38.7 Å². The van der Waals surface area contributed by atoms with E-state index in [1.165, 1.54) is 12.1 Å². The van der Waals surface area contributed by atoms with Crippen LogP contribution >= 0.6 is 0 Å². The van der Waals surface area contributed by atoms with Crippen molar-refractivity contribution in [1.29, 1.82) is 0 Å². The Morgan fingerprint density at radius 3 is 2.51 bits per heavy atom. The van der Waals surface area contributed by atoms with Crippen molar-refractivity contribution >= 4 is 11.8 Å². The maximum atomic E-state index is 13.1. The first-order valence-corrected chi connectivity index (χ1v) is 12.6. The fourth-order valence-corrected chi connectivity index (χ4v) is 4.67. The van der Waals surface area contributed by atoms with E-state index in [0.717, 1.165) is 60.2 Å². The molecule has 2 aromatic heterocycles. The summed E-state index contributed by atoms with van der Waals surface area (Å²) in [6.45, 7) is 5.29. The molecule has 0 spiro atoms. The predicted molar refractivity (Wildman–Crippen MR) is 146 cm³/mol. The van der Waals surface area contributed by atoms with Crippen molar-refractivity contribution < 1.29 is 18.3 Å². The molecule has 0 saturated carbocycles. The van der Waals surface area contributed by atoms with Crippen molar-refractivity contribution in [2.45, 2.75) is 19.3 Å². The number of benzene rings is 2. The maximum Gasteiger partial charge on any atom is 0.317 e. The monoisotopic (exact) mass is 537 g/mol. The third-order valence-corrected chi connectivity index (χ3v) is 6.58. The van der Waals surface area contributed by atoms with Gasteiger partial charge in [-0.05, 0) is 55.6 Å². The number of nitrogens with two attached hydrogens (primary N) is 1. The van der Waals surface area contributed by atoms with Crippen LogP contribution in [0.5, 0.6) is 0 Å². The van der Waals surface area contributed by atoms with E-state index in [2.05, 4.69) is 20.4 Å². The van der Waals surface area contributed by atoms with Crippen LogP contribution in [0, 0.1) is 18.6 Å². The Balaban J connectivity index is 0.000000187. The van der Waals surface area contributed by atoms with E-state index in [9.17, 15) is 13.6 Å². The number of para-hydroxylation sites is 1. The lowest BCUT2D eigenvalue weighted by atomic mass is 9.98. The Morgan fingerprint density at radius 2 is 1.90 bits per heavy atom. The zero-order valence-electron chi connectivity index (χ0n) is 22.3. The topological polar surface area (TPSA) is 103 Å². The van der Waals surface area contributed by atoms with Gasteiger partial charge in [-0.25, -0.2) is 18.3 Å². The molecule has 0 bridgehead atoms. The number of halogens is 2. The summed E-state index contributed by atoms with van der Waals surface area (Å²) < 4.78 is 34.6. The number of aryl methyl sites for hydroxylation is 1. The smallest absolute Gasteiger partial charge is 0.317 e. The largest absolute Gasteiger partial charge is 0.383 e. The number of methoxy groups -OCH3 is 1. The number of nitrogens with one attached hydrogen (secondary N) is 1. The fourth-order valence-electron chi connectivity index (χ4n) is 4.67. The molecule has 39 heavy (non-hydrogen) atoms. The number of anilines is 1. The Bertz CT molecular complexity index is 1380. The van der Waals surface area contributed by atoms with Crippen LogP contribution in [0.4, 0.5) is 19.4 Å². The van der Waals surface area contributed by atoms with Gasteiger partial charge in [0.15, 0.2) is 0 Å². The highest BCUT2D eigenvalue weighted by Crippen LogP contribution is 2.30. The molecule has 0 aliphatic carbocycles. The molecule has 3 N–H and O–H groups in total. The number of amides is 2. The van der Waals surface area contributed by atoms with Crippen LogP contribution in [0.1, 0.15) is 23.5 Å². The lowest BCUT2D eigenvalue weighted by Crippen LogP contribution is -2.24. The molecule has 0 radical (unpaired) electrons. The third-order valence-electron chi connectivity index (χ3n) is 6.58. The van der Waals surface area contributed by atoms with E-state index >= 15 is 0 Å². The quantitative estimate of drug-likeness (QED) is 0.362. The van der Waals surface area contributed by atoms with Crippen LogP contribution in [0.15, 0.2) is 60.9 Å². The van der Waals surface area contributed by atoms with Crippen LogP contribution in [0.2, 0.25) is 0 Å². The number of aromatic nitrogens is 4. The van der Waals surface area contributed by atoms with Gasteiger partial charge in [-0.1, -0.05) is 18.2 Å². The molecule has 206 valence electrons. The minimum absolute atomic E-state index is 0.233. The van der Waals surface area contributed by atoms with Crippen LogP contribution in [0.3, 0.4) is 0 Å². The number of urea groups is 1. The highest BCUT2D eigenvalue weighted by molar-refractivity contribution is 5.89. The van der Waals surface area contributed by atoms with Gasteiger partial charge >= 0.3 is 6.03 Å². The van der Waals surface area contributed by atoms with Gasteiger partial charge in [-0.15, -0.1) is 0 Å². The summed E-state index contributed by atoms with van der Waals surface area (Å²) in [5.41, 5.74) is 9.35. The second kappa shape index (κ2) is 12.6. The molecule has 1 unspecified atom stereocenters. The molecule has 9 nitrogen and oxygen atoms in total. The molecule has 4 aromatic rings. The lowest BCUT2D eigenvalue weighted by molar-refractivity contribution is 0.160. The van der Waals surface area contributed by atoms with E-state index in [4.69, 9.17) is 10.5 Å². The zero-order valence-corrected chi connectivity index (χ0v) is 22.3. The minimum Gasteiger partial charge on any atom is -0.383 e. The Morgan fingerprint density at radius 1 is 1.18 bits per heavy atom. The summed E-state index contributed by atoms with van der Waals surface area (Å²) in [6.07, 6.45) is 4.56. The van der Waals surface area contributed by atoms with E-state index < -0.39 is 17.7 Å². The van der Waals surface area contributed by atoms with Crippen LogP contribution in [-0.4, -0.2) is 63.8 Å². The number of hydrogen-bond donors (Lipinski definition) is 2. The van der Waals surface area contributed by atoms with Crippen molar-refractivity contribution in [3.63, 3.8) is 0 Å². The maximum absolute atomic E-state index is 13.1. The molecule has 1 fully saturated rings. The summed E-state index contributed by atoms with van der Waals surface area (Å²) in [4.78, 5) is 13.6. The predicted octanol–water partition coefficient (Wildman–Crippen LogP) is 4.47. The molecule has 1 aliphatic heterocycles. The Labute approximate surface area is 226 Å². The lowest BCUT2D eigenvalue weighted by Gasteiger charge is -2.15. The Hall–Kier alpha value is -4.09. The molecule has 1 aliphatic rings. The van der Waals surface area contributed by atoms with Gasteiger partial charge in [0.2, 0.25) is 0 Å². The number of rotatable bonds is 7. The molecule has 11 heteroatoms. The SMILES string of the molecule is COCCN1CCC(c2cc(F)cc(F)c2)C1.Cc1c(-c2cnn(C)c2)nn(-c2ccccc2)c1NC(N)=O. The highest BCUT2D eigenvalue weighted by Gasteiger charge is 2.24. The first-order valence-electron chi connectivity index (χ1n) is 12.6.